The largest absolute Gasteiger partial charge is 0.459 e. The summed E-state index contributed by atoms with van der Waals surface area (Å²) >= 11 is 0. The molecule has 0 unspecified atom stereocenters. The minimum atomic E-state index is -0.939. The van der Waals surface area contributed by atoms with Crippen LogP contribution in [0.3, 0.4) is 0 Å². The third kappa shape index (κ3) is 4.22. The molecule has 1 aromatic heterocycles. The van der Waals surface area contributed by atoms with E-state index in [4.69, 9.17) is 9.15 Å². The summed E-state index contributed by atoms with van der Waals surface area (Å²) in [6, 6.07) is 9.47. The summed E-state index contributed by atoms with van der Waals surface area (Å²) in [7, 11) is 0. The van der Waals surface area contributed by atoms with Crippen molar-refractivity contribution < 1.29 is 23.5 Å². The number of esters is 1. The molecule has 0 bridgehead atoms. The van der Waals surface area contributed by atoms with Gasteiger partial charge in [0.25, 0.3) is 11.8 Å². The zero-order chi connectivity index (χ0) is 17.5. The molecule has 0 aliphatic heterocycles. The van der Waals surface area contributed by atoms with Crippen molar-refractivity contribution in [2.45, 2.75) is 20.0 Å². The van der Waals surface area contributed by atoms with Crippen LogP contribution in [0.25, 0.3) is 0 Å². The number of nitrogens with one attached hydrogen (secondary N) is 2. The minimum Gasteiger partial charge on any atom is -0.459 e. The van der Waals surface area contributed by atoms with Crippen molar-refractivity contribution >= 4 is 23.5 Å². The third-order valence-electron chi connectivity index (χ3n) is 3.14. The number of anilines is 1. The van der Waals surface area contributed by atoms with Crippen LogP contribution in [0.4, 0.5) is 5.69 Å². The molecule has 2 aromatic rings. The van der Waals surface area contributed by atoms with Crippen molar-refractivity contribution in [3.63, 3.8) is 0 Å². The second kappa shape index (κ2) is 7.96. The van der Waals surface area contributed by atoms with Gasteiger partial charge >= 0.3 is 5.97 Å². The first-order valence-electron chi connectivity index (χ1n) is 7.45. The maximum atomic E-state index is 12.3. The maximum Gasteiger partial charge on any atom is 0.341 e. The lowest BCUT2D eigenvalue weighted by Crippen LogP contribution is -2.35. The quantitative estimate of drug-likeness (QED) is 0.791. The summed E-state index contributed by atoms with van der Waals surface area (Å²) < 4.78 is 10.1. The highest BCUT2D eigenvalue weighted by molar-refractivity contribution is 6.06. The van der Waals surface area contributed by atoms with E-state index in [2.05, 4.69) is 10.6 Å². The van der Waals surface area contributed by atoms with Crippen molar-refractivity contribution in [1.29, 1.82) is 0 Å². The lowest BCUT2D eigenvalue weighted by Gasteiger charge is -2.14. The van der Waals surface area contributed by atoms with E-state index < -0.39 is 18.0 Å². The number of carbonyl (C=O) groups excluding carboxylic acids is 3. The van der Waals surface area contributed by atoms with Crippen LogP contribution < -0.4 is 10.6 Å². The predicted octanol–water partition coefficient (Wildman–Crippen LogP) is 2.21. The van der Waals surface area contributed by atoms with Crippen LogP contribution >= 0.6 is 0 Å². The van der Waals surface area contributed by atoms with Gasteiger partial charge in [-0.3, -0.25) is 9.59 Å². The fourth-order valence-electron chi connectivity index (χ4n) is 1.96. The van der Waals surface area contributed by atoms with Crippen molar-refractivity contribution in [3.05, 3.63) is 54.0 Å². The average Bonchev–Trinajstić information content (AvgIpc) is 3.10. The van der Waals surface area contributed by atoms with E-state index in [0.717, 1.165) is 0 Å². The van der Waals surface area contributed by atoms with E-state index in [-0.39, 0.29) is 22.9 Å². The monoisotopic (exact) mass is 330 g/mol. The molecule has 7 nitrogen and oxygen atoms in total. The van der Waals surface area contributed by atoms with Gasteiger partial charge in [-0.05, 0) is 38.1 Å². The smallest absolute Gasteiger partial charge is 0.341 e. The molecular formula is C17H18N2O5. The Morgan fingerprint density at radius 2 is 1.92 bits per heavy atom. The summed E-state index contributed by atoms with van der Waals surface area (Å²) in [5.41, 5.74) is 0.417. The summed E-state index contributed by atoms with van der Waals surface area (Å²) in [6.07, 6.45) is 0.439. The molecule has 126 valence electrons. The van der Waals surface area contributed by atoms with E-state index >= 15 is 0 Å². The van der Waals surface area contributed by atoms with Gasteiger partial charge in [0.2, 0.25) is 0 Å². The van der Waals surface area contributed by atoms with Gasteiger partial charge in [-0.1, -0.05) is 12.1 Å². The fraction of sp³-hybridized carbons (Fsp3) is 0.235. The highest BCUT2D eigenvalue weighted by Crippen LogP contribution is 2.18. The number of hydrogen-bond donors (Lipinski definition) is 2. The normalized spacial score (nSPS) is 11.4. The number of rotatable bonds is 6. The third-order valence-corrected chi connectivity index (χ3v) is 3.14. The number of para-hydroxylation sites is 1. The summed E-state index contributed by atoms with van der Waals surface area (Å²) in [6.45, 7) is 3.69. The van der Waals surface area contributed by atoms with Gasteiger partial charge in [-0.25, -0.2) is 4.79 Å². The minimum absolute atomic E-state index is 0.119. The Hall–Kier alpha value is -3.09. The van der Waals surface area contributed by atoms with E-state index in [1.165, 1.54) is 25.3 Å². The maximum absolute atomic E-state index is 12.3. The molecule has 1 heterocycles. The summed E-state index contributed by atoms with van der Waals surface area (Å²) in [4.78, 5) is 36.0. The number of benzene rings is 1. The van der Waals surface area contributed by atoms with Gasteiger partial charge in [0.1, 0.15) is 0 Å². The molecule has 1 aromatic carbocycles. The molecule has 0 saturated heterocycles. The Bertz CT molecular complexity index is 724. The molecule has 0 radical (unpaired) electrons. The van der Waals surface area contributed by atoms with Crippen molar-refractivity contribution in [1.82, 2.24) is 5.32 Å². The number of furan rings is 1. The molecule has 0 aliphatic carbocycles. The van der Waals surface area contributed by atoms with Gasteiger partial charge in [0, 0.05) is 6.54 Å². The first-order valence-corrected chi connectivity index (χ1v) is 7.45. The molecule has 0 saturated carbocycles. The van der Waals surface area contributed by atoms with Gasteiger partial charge < -0.3 is 19.8 Å². The number of amides is 2. The van der Waals surface area contributed by atoms with Crippen LogP contribution in [0.2, 0.25) is 0 Å². The van der Waals surface area contributed by atoms with Crippen LogP contribution in [-0.2, 0) is 9.53 Å². The topological polar surface area (TPSA) is 97.6 Å². The standard InChI is InChI=1S/C17H18N2O5/c1-3-18-15(20)11(2)24-17(22)12-7-4-5-8-13(12)19-16(21)14-9-6-10-23-14/h4-11H,3H2,1-2H3,(H,18,20)(H,19,21)/t11-/m0/s1. The predicted molar refractivity (Wildman–Crippen MR) is 86.7 cm³/mol. The van der Waals surface area contributed by atoms with Gasteiger partial charge in [0.15, 0.2) is 11.9 Å². The molecule has 0 fully saturated rings. The number of ether oxygens (including phenoxy) is 1. The van der Waals surface area contributed by atoms with Gasteiger partial charge in [0.05, 0.1) is 17.5 Å². The van der Waals surface area contributed by atoms with Crippen LogP contribution in [-0.4, -0.2) is 30.4 Å². The van der Waals surface area contributed by atoms with Crippen LogP contribution in [0.1, 0.15) is 34.8 Å². The highest BCUT2D eigenvalue weighted by atomic mass is 16.5. The summed E-state index contributed by atoms with van der Waals surface area (Å²) in [5.74, 6) is -1.46. The Balaban J connectivity index is 2.11. The highest BCUT2D eigenvalue weighted by Gasteiger charge is 2.21. The second-order valence-corrected chi connectivity index (χ2v) is 4.92. The van der Waals surface area contributed by atoms with E-state index in [0.29, 0.717) is 6.54 Å². The Labute approximate surface area is 139 Å². The first kappa shape index (κ1) is 17.3. The lowest BCUT2D eigenvalue weighted by molar-refractivity contribution is -0.128. The Kier molecular flexibility index (Phi) is 5.73. The SMILES string of the molecule is CCNC(=O)[C@H](C)OC(=O)c1ccccc1NC(=O)c1ccco1. The molecule has 7 heteroatoms. The van der Waals surface area contributed by atoms with Gasteiger partial charge in [-0.2, -0.15) is 0 Å². The first-order chi connectivity index (χ1) is 11.5. The second-order valence-electron chi connectivity index (χ2n) is 4.92. The Morgan fingerprint density at radius 1 is 1.17 bits per heavy atom. The Morgan fingerprint density at radius 3 is 2.58 bits per heavy atom. The molecule has 24 heavy (non-hydrogen) atoms. The fourth-order valence-corrected chi connectivity index (χ4v) is 1.96. The van der Waals surface area contributed by atoms with E-state index in [1.807, 2.05) is 0 Å². The molecule has 1 atom stereocenters. The van der Waals surface area contributed by atoms with Gasteiger partial charge in [-0.15, -0.1) is 0 Å². The number of carbonyl (C=O) groups is 3. The van der Waals surface area contributed by atoms with Crippen molar-refractivity contribution in [3.8, 4) is 0 Å². The molecule has 0 aliphatic rings. The van der Waals surface area contributed by atoms with Crippen molar-refractivity contribution in [2.24, 2.45) is 0 Å². The molecule has 2 amide bonds. The van der Waals surface area contributed by atoms with E-state index in [1.54, 1.807) is 31.2 Å². The van der Waals surface area contributed by atoms with E-state index in [9.17, 15) is 14.4 Å². The molecule has 2 N–H and O–H groups in total. The molecule has 0 spiro atoms. The molecule has 2 rings (SSSR count). The van der Waals surface area contributed by atoms with Crippen LogP contribution in [0.15, 0.2) is 47.1 Å². The zero-order valence-corrected chi connectivity index (χ0v) is 13.4. The lowest BCUT2D eigenvalue weighted by atomic mass is 10.1. The van der Waals surface area contributed by atoms with Crippen LogP contribution in [0.5, 0.6) is 0 Å². The van der Waals surface area contributed by atoms with Crippen molar-refractivity contribution in [2.75, 3.05) is 11.9 Å². The number of hydrogen-bond acceptors (Lipinski definition) is 5. The number of likely N-dealkylation sites (N-methyl/N-ethyl adjacent to an activating group) is 1. The molecular weight excluding hydrogens is 312 g/mol. The average molecular weight is 330 g/mol. The van der Waals surface area contributed by atoms with Crippen LogP contribution in [0, 0.1) is 0 Å². The zero-order valence-electron chi connectivity index (χ0n) is 13.4. The summed E-state index contributed by atoms with van der Waals surface area (Å²) in [5, 5.41) is 5.16.